The molecular formula is C25H21ClN4O2S. The van der Waals surface area contributed by atoms with Gasteiger partial charge in [-0.25, -0.2) is 4.99 Å². The maximum Gasteiger partial charge on any atom is 0.262 e. The van der Waals surface area contributed by atoms with Gasteiger partial charge < -0.3 is 14.6 Å². The standard InChI is InChI=1S/C25H21ClN4O2S/c1-16-5-7-19(13-20(16)26)28-25-30(11-9-18-4-2-3-10-27-18)22(15-33-25)17-6-8-23-21(12-17)29-24(31)14-32-23/h2-8,10,12-13,15H,9,11,14H2,1H3,(H,29,31). The number of pyridine rings is 1. The number of carbonyl (C=O) groups is 1. The first kappa shape index (κ1) is 21.4. The highest BCUT2D eigenvalue weighted by atomic mass is 35.5. The maximum absolute atomic E-state index is 11.8. The predicted octanol–water partition coefficient (Wildman–Crippen LogP) is 5.38. The lowest BCUT2D eigenvalue weighted by Crippen LogP contribution is -2.25. The van der Waals surface area contributed by atoms with Crippen LogP contribution in [0.15, 0.2) is 71.2 Å². The Balaban J connectivity index is 1.57. The smallest absolute Gasteiger partial charge is 0.262 e. The summed E-state index contributed by atoms with van der Waals surface area (Å²) in [7, 11) is 0. The number of nitrogens with zero attached hydrogens (tertiary/aromatic N) is 3. The molecule has 0 saturated carbocycles. The minimum absolute atomic E-state index is 0.0387. The zero-order chi connectivity index (χ0) is 22.8. The van der Waals surface area contributed by atoms with Crippen LogP contribution in [0, 0.1) is 6.92 Å². The average Bonchev–Trinajstić information content (AvgIpc) is 3.22. The summed E-state index contributed by atoms with van der Waals surface area (Å²) in [5, 5.41) is 5.66. The van der Waals surface area contributed by atoms with Gasteiger partial charge in [-0.1, -0.05) is 23.7 Å². The Bertz CT molecular complexity index is 1400. The van der Waals surface area contributed by atoms with Gasteiger partial charge in [0.15, 0.2) is 11.4 Å². The fourth-order valence-electron chi connectivity index (χ4n) is 3.64. The van der Waals surface area contributed by atoms with Crippen molar-refractivity contribution in [3.05, 3.63) is 87.3 Å². The summed E-state index contributed by atoms with van der Waals surface area (Å²) in [6, 6.07) is 17.6. The van der Waals surface area contributed by atoms with Crippen molar-refractivity contribution in [3.8, 4) is 17.0 Å². The number of nitrogens with one attached hydrogen (secondary N) is 1. The number of rotatable bonds is 5. The lowest BCUT2D eigenvalue weighted by Gasteiger charge is -2.19. The number of hydrogen-bond acceptors (Lipinski definition) is 5. The van der Waals surface area contributed by atoms with Gasteiger partial charge in [-0.05, 0) is 55.0 Å². The molecule has 3 heterocycles. The quantitative estimate of drug-likeness (QED) is 0.420. The second kappa shape index (κ2) is 9.21. The van der Waals surface area contributed by atoms with E-state index in [0.29, 0.717) is 23.0 Å². The highest BCUT2D eigenvalue weighted by Crippen LogP contribution is 2.33. The predicted molar refractivity (Wildman–Crippen MR) is 131 cm³/mol. The Hall–Kier alpha value is -3.42. The van der Waals surface area contributed by atoms with Gasteiger partial charge in [0, 0.05) is 40.8 Å². The van der Waals surface area contributed by atoms with Crippen molar-refractivity contribution >= 4 is 40.2 Å². The van der Waals surface area contributed by atoms with Crippen LogP contribution >= 0.6 is 22.9 Å². The number of benzene rings is 2. The highest BCUT2D eigenvalue weighted by Gasteiger charge is 2.18. The zero-order valence-electron chi connectivity index (χ0n) is 17.9. The molecule has 0 saturated heterocycles. The summed E-state index contributed by atoms with van der Waals surface area (Å²) in [5.41, 5.74) is 5.49. The first-order valence-corrected chi connectivity index (χ1v) is 11.8. The fraction of sp³-hybridized carbons (Fsp3) is 0.160. The average molecular weight is 477 g/mol. The molecule has 0 atom stereocenters. The van der Waals surface area contributed by atoms with E-state index in [9.17, 15) is 4.79 Å². The van der Waals surface area contributed by atoms with Crippen molar-refractivity contribution in [2.24, 2.45) is 4.99 Å². The molecule has 0 radical (unpaired) electrons. The molecule has 0 aliphatic carbocycles. The number of fused-ring (bicyclic) bond motifs is 1. The number of aromatic nitrogens is 2. The van der Waals surface area contributed by atoms with Gasteiger partial charge in [-0.15, -0.1) is 11.3 Å². The van der Waals surface area contributed by atoms with Crippen LogP contribution in [-0.4, -0.2) is 22.1 Å². The number of amides is 1. The summed E-state index contributed by atoms with van der Waals surface area (Å²) in [6.45, 7) is 2.71. The van der Waals surface area contributed by atoms with E-state index in [0.717, 1.165) is 39.4 Å². The number of halogens is 1. The van der Waals surface area contributed by atoms with Gasteiger partial charge in [0.25, 0.3) is 5.91 Å². The molecule has 1 aliphatic rings. The van der Waals surface area contributed by atoms with Gasteiger partial charge in [0.05, 0.1) is 17.1 Å². The minimum atomic E-state index is -0.153. The summed E-state index contributed by atoms with van der Waals surface area (Å²) < 4.78 is 7.69. The fourth-order valence-corrected chi connectivity index (χ4v) is 4.77. The van der Waals surface area contributed by atoms with E-state index in [1.54, 1.807) is 17.5 Å². The monoisotopic (exact) mass is 476 g/mol. The van der Waals surface area contributed by atoms with Crippen molar-refractivity contribution in [2.45, 2.75) is 19.9 Å². The Labute approximate surface area is 200 Å². The lowest BCUT2D eigenvalue weighted by molar-refractivity contribution is -0.118. The number of hydrogen-bond donors (Lipinski definition) is 1. The molecule has 2 aromatic carbocycles. The van der Waals surface area contributed by atoms with E-state index in [-0.39, 0.29) is 12.5 Å². The van der Waals surface area contributed by atoms with Gasteiger partial charge in [0.2, 0.25) is 0 Å². The number of ether oxygens (including phenoxy) is 1. The molecule has 1 N–H and O–H groups in total. The third kappa shape index (κ3) is 4.69. The largest absolute Gasteiger partial charge is 0.482 e. The molecule has 0 fully saturated rings. The van der Waals surface area contributed by atoms with E-state index >= 15 is 0 Å². The Morgan fingerprint density at radius 1 is 1.21 bits per heavy atom. The molecule has 2 aromatic heterocycles. The van der Waals surface area contributed by atoms with Crippen molar-refractivity contribution in [1.82, 2.24) is 9.55 Å². The van der Waals surface area contributed by atoms with E-state index in [1.807, 2.05) is 61.5 Å². The SMILES string of the molecule is Cc1ccc(N=c2scc(-c3ccc4c(c3)NC(=O)CO4)n2CCc2ccccn2)cc1Cl. The third-order valence-electron chi connectivity index (χ3n) is 5.40. The number of anilines is 1. The molecule has 5 rings (SSSR count). The zero-order valence-corrected chi connectivity index (χ0v) is 19.5. The molecule has 1 amide bonds. The molecule has 33 heavy (non-hydrogen) atoms. The van der Waals surface area contributed by atoms with Gasteiger partial charge in [-0.3, -0.25) is 9.78 Å². The van der Waals surface area contributed by atoms with Crippen LogP contribution in [0.2, 0.25) is 5.02 Å². The minimum Gasteiger partial charge on any atom is -0.482 e. The van der Waals surface area contributed by atoms with Crippen molar-refractivity contribution in [2.75, 3.05) is 11.9 Å². The highest BCUT2D eigenvalue weighted by molar-refractivity contribution is 7.07. The number of aryl methyl sites for hydroxylation is 2. The molecule has 166 valence electrons. The molecule has 4 aromatic rings. The number of carbonyl (C=O) groups excluding carboxylic acids is 1. The van der Waals surface area contributed by atoms with Crippen molar-refractivity contribution in [1.29, 1.82) is 0 Å². The normalized spacial score (nSPS) is 13.4. The lowest BCUT2D eigenvalue weighted by atomic mass is 10.1. The van der Waals surface area contributed by atoms with Crippen LogP contribution in [0.4, 0.5) is 11.4 Å². The first-order chi connectivity index (χ1) is 16.1. The van der Waals surface area contributed by atoms with E-state index in [1.165, 1.54) is 0 Å². The van der Waals surface area contributed by atoms with Crippen molar-refractivity contribution in [3.63, 3.8) is 0 Å². The Morgan fingerprint density at radius 3 is 2.94 bits per heavy atom. The Kier molecular flexibility index (Phi) is 5.98. The Morgan fingerprint density at radius 2 is 2.12 bits per heavy atom. The van der Waals surface area contributed by atoms with E-state index in [2.05, 4.69) is 20.2 Å². The molecule has 0 bridgehead atoms. The number of thiazole rings is 1. The van der Waals surface area contributed by atoms with Crippen LogP contribution in [-0.2, 0) is 17.8 Å². The summed E-state index contributed by atoms with van der Waals surface area (Å²) in [6.07, 6.45) is 2.57. The van der Waals surface area contributed by atoms with Crippen LogP contribution in [0.1, 0.15) is 11.3 Å². The van der Waals surface area contributed by atoms with Gasteiger partial charge in [-0.2, -0.15) is 0 Å². The molecule has 6 nitrogen and oxygen atoms in total. The molecule has 1 aliphatic heterocycles. The second-order valence-electron chi connectivity index (χ2n) is 7.72. The van der Waals surface area contributed by atoms with Crippen LogP contribution < -0.4 is 14.9 Å². The van der Waals surface area contributed by atoms with E-state index < -0.39 is 0 Å². The maximum atomic E-state index is 11.8. The first-order valence-electron chi connectivity index (χ1n) is 10.5. The van der Waals surface area contributed by atoms with Crippen LogP contribution in [0.3, 0.4) is 0 Å². The molecule has 0 unspecified atom stereocenters. The van der Waals surface area contributed by atoms with Crippen LogP contribution in [0.5, 0.6) is 5.75 Å². The van der Waals surface area contributed by atoms with Gasteiger partial charge in [0.1, 0.15) is 5.75 Å². The topological polar surface area (TPSA) is 68.5 Å². The third-order valence-corrected chi connectivity index (χ3v) is 6.67. The second-order valence-corrected chi connectivity index (χ2v) is 8.96. The summed E-state index contributed by atoms with van der Waals surface area (Å²) in [5.74, 6) is 0.521. The summed E-state index contributed by atoms with van der Waals surface area (Å²) in [4.78, 5) is 22.0. The molecule has 8 heteroatoms. The summed E-state index contributed by atoms with van der Waals surface area (Å²) >= 11 is 7.89. The van der Waals surface area contributed by atoms with Crippen LogP contribution in [0.25, 0.3) is 11.3 Å². The van der Waals surface area contributed by atoms with E-state index in [4.69, 9.17) is 21.3 Å². The molecular weight excluding hydrogens is 456 g/mol. The van der Waals surface area contributed by atoms with Gasteiger partial charge >= 0.3 is 0 Å². The van der Waals surface area contributed by atoms with Crippen molar-refractivity contribution < 1.29 is 9.53 Å². The molecule has 0 spiro atoms.